The van der Waals surface area contributed by atoms with Crippen LogP contribution in [-0.2, 0) is 21.7 Å². The predicted octanol–water partition coefficient (Wildman–Crippen LogP) is 6.00. The highest BCUT2D eigenvalue weighted by atomic mass is 32.1. The topological polar surface area (TPSA) is 144 Å². The average molecular weight is 724 g/mol. The Balaban J connectivity index is 0.00000486. The van der Waals surface area contributed by atoms with Gasteiger partial charge < -0.3 is 40.0 Å². The molecule has 1 fully saturated rings. The van der Waals surface area contributed by atoms with E-state index in [-0.39, 0.29) is 22.1 Å². The molecule has 1 saturated carbocycles. The molecule has 0 aliphatic heterocycles. The number of likely N-dealkylation sites (N-methyl/N-ethyl adjacent to an activating group) is 1. The van der Waals surface area contributed by atoms with E-state index in [9.17, 15) is 24.9 Å². The number of aromatic amines is 1. The van der Waals surface area contributed by atoms with Gasteiger partial charge in [-0.3, -0.25) is 9.50 Å². The van der Waals surface area contributed by atoms with Crippen molar-refractivity contribution >= 4 is 39.5 Å². The van der Waals surface area contributed by atoms with E-state index in [0.717, 1.165) is 43.5 Å². The van der Waals surface area contributed by atoms with Gasteiger partial charge in [-0.15, -0.1) is 22.7 Å². The lowest BCUT2D eigenvalue weighted by Crippen LogP contribution is -2.45. The quantitative estimate of drug-likeness (QED) is 0.0879. The molecule has 0 spiro atoms. The van der Waals surface area contributed by atoms with E-state index in [1.54, 1.807) is 12.1 Å². The number of phenols is 1. The fourth-order valence-electron chi connectivity index (χ4n) is 6.52. The zero-order chi connectivity index (χ0) is 34.4. The molecule has 50 heavy (non-hydrogen) atoms. The van der Waals surface area contributed by atoms with Crippen LogP contribution in [0.2, 0.25) is 0 Å². The molecule has 1 aliphatic carbocycles. The van der Waals surface area contributed by atoms with E-state index in [2.05, 4.69) is 22.2 Å². The fourth-order valence-corrected chi connectivity index (χ4v) is 8.33. The van der Waals surface area contributed by atoms with Gasteiger partial charge in [0.05, 0.1) is 27.5 Å². The van der Waals surface area contributed by atoms with Gasteiger partial charge in [0.1, 0.15) is 18.1 Å². The number of carboxylic acids is 1. The first-order valence-electron chi connectivity index (χ1n) is 16.4. The number of pyridine rings is 1. The number of thiophene rings is 2. The zero-order valence-electron chi connectivity index (χ0n) is 27.6. The molecule has 0 unspecified atom stereocenters. The Morgan fingerprint density at radius 3 is 2.30 bits per heavy atom. The third-order valence-corrected chi connectivity index (χ3v) is 11.2. The molecule has 266 valence electrons. The number of hydrogen-bond acceptors (Lipinski definition) is 10. The van der Waals surface area contributed by atoms with Crippen molar-refractivity contribution in [2.45, 2.75) is 56.1 Å². The van der Waals surface area contributed by atoms with Crippen LogP contribution in [-0.4, -0.2) is 70.1 Å². The molecule has 13 heteroatoms. The molecule has 1 aliphatic rings. The average Bonchev–Trinajstić information content (AvgIpc) is 3.85. The molecule has 10 nitrogen and oxygen atoms in total. The molecule has 2 aromatic carbocycles. The Morgan fingerprint density at radius 2 is 1.68 bits per heavy atom. The van der Waals surface area contributed by atoms with Crippen molar-refractivity contribution in [1.29, 1.82) is 0 Å². The Morgan fingerprint density at radius 1 is 1.00 bits per heavy atom. The van der Waals surface area contributed by atoms with E-state index >= 15 is 0 Å². The summed E-state index contributed by atoms with van der Waals surface area (Å²) in [5, 5.41) is 39.0. The van der Waals surface area contributed by atoms with Crippen LogP contribution >= 0.6 is 22.7 Å². The minimum absolute atomic E-state index is 0. The summed E-state index contributed by atoms with van der Waals surface area (Å²) in [6.45, 7) is 2.15. The van der Waals surface area contributed by atoms with Crippen molar-refractivity contribution < 1.29 is 34.3 Å². The number of aliphatic hydroxyl groups excluding tert-OH is 1. The maximum atomic E-state index is 12.7. The summed E-state index contributed by atoms with van der Waals surface area (Å²) in [4.78, 5) is 30.7. The molecule has 0 radical (unpaired) electrons. The summed E-state index contributed by atoms with van der Waals surface area (Å²) in [7, 11) is 2.11. The molecule has 5 aromatic rings. The Bertz CT molecular complexity index is 1840. The minimum atomic E-state index is -1.47. The van der Waals surface area contributed by atoms with Gasteiger partial charge in [0.25, 0.3) is 0 Å². The number of carboxylic acid groups (broad SMARTS) is 1. The van der Waals surface area contributed by atoms with Gasteiger partial charge in [-0.25, -0.2) is 4.79 Å². The molecule has 3 aromatic heterocycles. The number of nitrogens with zero attached hydrogens (tertiary/aromatic N) is 1. The first-order chi connectivity index (χ1) is 23.7. The summed E-state index contributed by atoms with van der Waals surface area (Å²) in [6, 6.07) is 21.8. The lowest BCUT2D eigenvalue weighted by atomic mass is 9.90. The van der Waals surface area contributed by atoms with Crippen molar-refractivity contribution in [3.8, 4) is 11.5 Å². The summed E-state index contributed by atoms with van der Waals surface area (Å²) in [5.41, 5.74) is 0.185. The maximum absolute atomic E-state index is 12.7. The number of nitrogens with one attached hydrogen (secondary N) is 2. The lowest BCUT2D eigenvalue weighted by Gasteiger charge is -2.38. The number of aromatic nitrogens is 1. The summed E-state index contributed by atoms with van der Waals surface area (Å²) in [6.07, 6.45) is 2.46. The van der Waals surface area contributed by atoms with E-state index in [1.165, 1.54) is 34.8 Å². The standard InChI is InChI=1S/C37H41N3O7S2.FH/c1-40(25-8-12-27(13-9-25)47-37(36(44)45,32-4-2-20-48-32)33-5-3-21-49-33)18-19-46-26-10-6-24(7-11-26)22-38-23-31(42)28-14-16-30(41)35-29(28)15-17-34(43)39-35;/h2-7,10-11,14-17,20-21,25,27,31,38,41-42H,8-9,12-13,18-19,22-23H2,1H3,(H,39,43)(H,44,45);1H/t25?,27?,31-;/m0./s1. The second kappa shape index (κ2) is 16.7. The number of rotatable bonds is 15. The third-order valence-electron chi connectivity index (χ3n) is 9.22. The summed E-state index contributed by atoms with van der Waals surface area (Å²) >= 11 is 2.83. The van der Waals surface area contributed by atoms with Gasteiger partial charge in [0.15, 0.2) is 0 Å². The number of phenolic OH excluding ortho intramolecular Hbond substituents is 1. The van der Waals surface area contributed by atoms with Crippen LogP contribution in [0.4, 0.5) is 4.70 Å². The molecular formula is C37H42FN3O7S2. The number of carbonyl (C=O) groups is 1. The minimum Gasteiger partial charge on any atom is -0.506 e. The van der Waals surface area contributed by atoms with Gasteiger partial charge in [0, 0.05) is 37.1 Å². The molecule has 0 amide bonds. The number of aromatic hydroxyl groups is 1. The number of ether oxygens (including phenoxy) is 2. The number of fused-ring (bicyclic) bond motifs is 1. The lowest BCUT2D eigenvalue weighted by molar-refractivity contribution is -0.170. The van der Waals surface area contributed by atoms with Crippen LogP contribution in [0, 0.1) is 0 Å². The monoisotopic (exact) mass is 723 g/mol. The molecule has 1 atom stereocenters. The number of benzene rings is 2. The fraction of sp³-hybridized carbons (Fsp3) is 0.351. The van der Waals surface area contributed by atoms with Gasteiger partial charge in [0.2, 0.25) is 11.2 Å². The molecular weight excluding hydrogens is 682 g/mol. The normalized spacial score (nSPS) is 17.0. The molecule has 5 N–H and O–H groups in total. The third kappa shape index (κ3) is 8.26. The number of H-pyrrole nitrogens is 1. The van der Waals surface area contributed by atoms with E-state index in [1.807, 2.05) is 59.3 Å². The Labute approximate surface area is 297 Å². The molecule has 6 rings (SSSR count). The molecule has 3 heterocycles. The molecule has 0 saturated heterocycles. The van der Waals surface area contributed by atoms with Gasteiger partial charge in [-0.1, -0.05) is 30.3 Å². The van der Waals surface area contributed by atoms with Crippen LogP contribution in [0.1, 0.15) is 52.7 Å². The van der Waals surface area contributed by atoms with Crippen molar-refractivity contribution in [1.82, 2.24) is 15.2 Å². The van der Waals surface area contributed by atoms with Crippen LogP contribution in [0.25, 0.3) is 10.9 Å². The van der Waals surface area contributed by atoms with Crippen LogP contribution in [0.5, 0.6) is 11.5 Å². The number of hydrogen-bond donors (Lipinski definition) is 5. The Hall–Kier alpha value is -4.11. The van der Waals surface area contributed by atoms with Gasteiger partial charge in [-0.2, -0.15) is 0 Å². The van der Waals surface area contributed by atoms with Crippen molar-refractivity contribution in [2.24, 2.45) is 0 Å². The predicted molar refractivity (Wildman–Crippen MR) is 194 cm³/mol. The largest absolute Gasteiger partial charge is 0.506 e. The smallest absolute Gasteiger partial charge is 0.347 e. The van der Waals surface area contributed by atoms with E-state index in [4.69, 9.17) is 9.47 Å². The van der Waals surface area contributed by atoms with E-state index < -0.39 is 17.7 Å². The SMILES string of the molecule is CN(CCOc1ccc(CNC[C@H](O)c2ccc(O)c3[nH]c(=O)ccc23)cc1)C1CCC(OC(C(=O)O)(c2cccs2)c2cccs2)CC1.F. The van der Waals surface area contributed by atoms with Gasteiger partial charge >= 0.3 is 5.97 Å². The number of aliphatic carboxylic acids is 1. The summed E-state index contributed by atoms with van der Waals surface area (Å²) < 4.78 is 12.6. The van der Waals surface area contributed by atoms with Gasteiger partial charge in [-0.05, 0) is 91.0 Å². The highest BCUT2D eigenvalue weighted by molar-refractivity contribution is 7.12. The zero-order valence-corrected chi connectivity index (χ0v) is 29.3. The first kappa shape index (κ1) is 37.2. The highest BCUT2D eigenvalue weighted by Crippen LogP contribution is 2.42. The Kier molecular flexibility index (Phi) is 12.4. The number of aliphatic hydroxyl groups is 1. The van der Waals surface area contributed by atoms with Crippen molar-refractivity contribution in [3.05, 3.63) is 115 Å². The maximum Gasteiger partial charge on any atom is 0.347 e. The van der Waals surface area contributed by atoms with Crippen LogP contribution < -0.4 is 15.6 Å². The highest BCUT2D eigenvalue weighted by Gasteiger charge is 2.48. The molecule has 0 bridgehead atoms. The van der Waals surface area contributed by atoms with Crippen molar-refractivity contribution in [3.63, 3.8) is 0 Å². The van der Waals surface area contributed by atoms with Crippen molar-refractivity contribution in [2.75, 3.05) is 26.7 Å². The van der Waals surface area contributed by atoms with E-state index in [0.29, 0.717) is 52.0 Å². The summed E-state index contributed by atoms with van der Waals surface area (Å²) in [5.74, 6) is -0.230. The first-order valence-corrected chi connectivity index (χ1v) is 18.2. The second-order valence-corrected chi connectivity index (χ2v) is 14.3. The second-order valence-electron chi connectivity index (χ2n) is 12.4. The van der Waals surface area contributed by atoms with Crippen LogP contribution in [0.15, 0.2) is 88.4 Å². The number of halogens is 1. The van der Waals surface area contributed by atoms with Crippen LogP contribution in [0.3, 0.4) is 0 Å².